The summed E-state index contributed by atoms with van der Waals surface area (Å²) in [4.78, 5) is 35.6. The van der Waals surface area contributed by atoms with Crippen LogP contribution in [0, 0.1) is 0 Å². The number of aromatic carboxylic acids is 1. The van der Waals surface area contributed by atoms with Crippen LogP contribution in [0.25, 0.3) is 17.4 Å². The van der Waals surface area contributed by atoms with Gasteiger partial charge in [0.2, 0.25) is 0 Å². The van der Waals surface area contributed by atoms with E-state index in [1.54, 1.807) is 37.3 Å². The molecule has 8 heteroatoms. The van der Waals surface area contributed by atoms with E-state index >= 15 is 0 Å². The van der Waals surface area contributed by atoms with E-state index in [2.05, 4.69) is 5.10 Å². The molecular formula is C24H16N2O6. The first kappa shape index (κ1) is 19.5. The van der Waals surface area contributed by atoms with Crippen LogP contribution in [-0.2, 0) is 16.1 Å². The number of carboxylic acids is 1. The number of cyclic esters (lactones) is 1. The van der Waals surface area contributed by atoms with Crippen molar-refractivity contribution in [1.82, 2.24) is 0 Å². The van der Waals surface area contributed by atoms with Gasteiger partial charge in [0.1, 0.15) is 18.1 Å². The molecule has 0 spiro atoms. The molecule has 0 aliphatic carbocycles. The molecule has 1 amide bonds. The van der Waals surface area contributed by atoms with Gasteiger partial charge in [-0.2, -0.15) is 10.1 Å². The number of rotatable bonds is 4. The summed E-state index contributed by atoms with van der Waals surface area (Å²) >= 11 is 0. The molecule has 0 atom stereocenters. The Kier molecular flexibility index (Phi) is 4.48. The van der Waals surface area contributed by atoms with Crippen molar-refractivity contribution in [3.8, 4) is 11.3 Å². The van der Waals surface area contributed by atoms with Crippen LogP contribution in [0.15, 0.2) is 69.7 Å². The summed E-state index contributed by atoms with van der Waals surface area (Å²) in [6.07, 6.45) is 1.62. The molecule has 2 aromatic carbocycles. The molecule has 8 nitrogen and oxygen atoms in total. The van der Waals surface area contributed by atoms with Crippen molar-refractivity contribution in [2.45, 2.75) is 13.5 Å². The van der Waals surface area contributed by atoms with Gasteiger partial charge in [0, 0.05) is 11.1 Å². The predicted molar refractivity (Wildman–Crippen MR) is 115 cm³/mol. The van der Waals surface area contributed by atoms with Gasteiger partial charge in [-0.05, 0) is 61.5 Å². The van der Waals surface area contributed by atoms with E-state index in [1.165, 1.54) is 29.3 Å². The van der Waals surface area contributed by atoms with E-state index in [0.717, 1.165) is 11.1 Å². The van der Waals surface area contributed by atoms with Crippen LogP contribution in [0.1, 0.15) is 39.0 Å². The number of benzene rings is 2. The molecule has 32 heavy (non-hydrogen) atoms. The number of anilines is 1. The standard InChI is InChI=1S/C24H16N2O6/c1-13-20(22(27)26(25-13)17-5-2-14(3-6-17)23(28)29)11-18-7-9-21(32-18)15-4-8-19-16(10-15)12-31-24(19)30/h2-11H,12H2,1H3,(H,28,29)/b20-11+. The van der Waals surface area contributed by atoms with Crippen molar-refractivity contribution in [2.75, 3.05) is 5.01 Å². The minimum atomic E-state index is -1.04. The maximum atomic E-state index is 12.9. The highest BCUT2D eigenvalue weighted by Gasteiger charge is 2.29. The summed E-state index contributed by atoms with van der Waals surface area (Å²) in [6.45, 7) is 1.96. The second kappa shape index (κ2) is 7.35. The quantitative estimate of drug-likeness (QED) is 0.495. The van der Waals surface area contributed by atoms with Gasteiger partial charge in [-0.3, -0.25) is 4.79 Å². The average Bonchev–Trinajstić information content (AvgIpc) is 3.48. The SMILES string of the molecule is CC1=NN(c2ccc(C(=O)O)cc2)C(=O)/C1=C/c1ccc(-c2ccc3c(c2)COC3=O)o1. The topological polar surface area (TPSA) is 109 Å². The predicted octanol–water partition coefficient (Wildman–Crippen LogP) is 4.12. The molecule has 0 saturated carbocycles. The normalized spacial score (nSPS) is 16.3. The van der Waals surface area contributed by atoms with Crippen LogP contribution in [0.4, 0.5) is 5.69 Å². The Morgan fingerprint density at radius 2 is 1.88 bits per heavy atom. The molecule has 3 aromatic rings. The van der Waals surface area contributed by atoms with Crippen LogP contribution >= 0.6 is 0 Å². The Hall–Kier alpha value is -4.46. The lowest BCUT2D eigenvalue weighted by molar-refractivity contribution is -0.114. The van der Waals surface area contributed by atoms with Gasteiger partial charge in [0.25, 0.3) is 5.91 Å². The number of esters is 1. The minimum absolute atomic E-state index is 0.127. The fraction of sp³-hybridized carbons (Fsp3) is 0.0833. The zero-order valence-electron chi connectivity index (χ0n) is 16.9. The van der Waals surface area contributed by atoms with E-state index in [9.17, 15) is 14.4 Å². The van der Waals surface area contributed by atoms with Crippen LogP contribution in [0.3, 0.4) is 0 Å². The van der Waals surface area contributed by atoms with Gasteiger partial charge in [-0.25, -0.2) is 9.59 Å². The Labute approximate surface area is 182 Å². The smallest absolute Gasteiger partial charge is 0.338 e. The van der Waals surface area contributed by atoms with Crippen LogP contribution < -0.4 is 5.01 Å². The second-order valence-electron chi connectivity index (χ2n) is 7.36. The molecule has 2 aliphatic heterocycles. The summed E-state index contributed by atoms with van der Waals surface area (Å²) in [5.41, 5.74) is 3.66. The van der Waals surface area contributed by atoms with Gasteiger partial charge in [-0.1, -0.05) is 6.07 Å². The lowest BCUT2D eigenvalue weighted by atomic mass is 10.0. The molecule has 1 aromatic heterocycles. The number of carbonyl (C=O) groups excluding carboxylic acids is 2. The van der Waals surface area contributed by atoms with Gasteiger partial charge in [-0.15, -0.1) is 0 Å². The Bertz CT molecular complexity index is 1350. The fourth-order valence-electron chi connectivity index (χ4n) is 3.62. The van der Waals surface area contributed by atoms with Gasteiger partial charge in [0.05, 0.1) is 28.1 Å². The molecule has 2 aliphatic rings. The zero-order chi connectivity index (χ0) is 22.4. The summed E-state index contributed by atoms with van der Waals surface area (Å²) in [6, 6.07) is 14.8. The fourth-order valence-corrected chi connectivity index (χ4v) is 3.62. The van der Waals surface area contributed by atoms with Gasteiger partial charge >= 0.3 is 11.9 Å². The number of amides is 1. The summed E-state index contributed by atoms with van der Waals surface area (Å²) < 4.78 is 10.9. The Morgan fingerprint density at radius 3 is 2.62 bits per heavy atom. The zero-order valence-corrected chi connectivity index (χ0v) is 16.9. The molecular weight excluding hydrogens is 412 g/mol. The van der Waals surface area contributed by atoms with Crippen LogP contribution in [0.2, 0.25) is 0 Å². The highest BCUT2D eigenvalue weighted by atomic mass is 16.5. The summed E-state index contributed by atoms with van der Waals surface area (Å²) in [5, 5.41) is 14.6. The first-order valence-electron chi connectivity index (χ1n) is 9.76. The van der Waals surface area contributed by atoms with Crippen LogP contribution in [-0.4, -0.2) is 28.7 Å². The third-order valence-electron chi connectivity index (χ3n) is 5.30. The van der Waals surface area contributed by atoms with Gasteiger partial charge in [0.15, 0.2) is 0 Å². The second-order valence-corrected chi connectivity index (χ2v) is 7.36. The van der Waals surface area contributed by atoms with Crippen molar-refractivity contribution in [2.24, 2.45) is 5.10 Å². The van der Waals surface area contributed by atoms with Crippen molar-refractivity contribution < 1.29 is 28.6 Å². The van der Waals surface area contributed by atoms with Crippen molar-refractivity contribution >= 4 is 35.3 Å². The number of hydrogen-bond donors (Lipinski definition) is 1. The molecule has 0 saturated heterocycles. The number of carboxylic acid groups (broad SMARTS) is 1. The summed E-state index contributed by atoms with van der Waals surface area (Å²) in [5.74, 6) is -0.626. The minimum Gasteiger partial charge on any atom is -0.478 e. The number of furan rings is 1. The lowest BCUT2D eigenvalue weighted by Gasteiger charge is -2.11. The molecule has 0 bridgehead atoms. The maximum Gasteiger partial charge on any atom is 0.338 e. The molecule has 0 unspecified atom stereocenters. The maximum absolute atomic E-state index is 12.9. The lowest BCUT2D eigenvalue weighted by Crippen LogP contribution is -2.21. The number of fused-ring (bicyclic) bond motifs is 1. The van der Waals surface area contributed by atoms with E-state index in [0.29, 0.717) is 34.1 Å². The Morgan fingerprint density at radius 1 is 1.09 bits per heavy atom. The monoisotopic (exact) mass is 428 g/mol. The first-order valence-corrected chi connectivity index (χ1v) is 9.76. The highest BCUT2D eigenvalue weighted by molar-refractivity contribution is 6.32. The molecule has 3 heterocycles. The Balaban J connectivity index is 1.40. The number of hydrazone groups is 1. The molecule has 0 fully saturated rings. The average molecular weight is 428 g/mol. The van der Waals surface area contributed by atoms with Crippen LogP contribution in [0.5, 0.6) is 0 Å². The van der Waals surface area contributed by atoms with Crippen molar-refractivity contribution in [3.05, 3.63) is 82.6 Å². The van der Waals surface area contributed by atoms with Crippen molar-refractivity contribution in [1.29, 1.82) is 0 Å². The van der Waals surface area contributed by atoms with E-state index < -0.39 is 5.97 Å². The molecule has 5 rings (SSSR count). The van der Waals surface area contributed by atoms with E-state index in [4.69, 9.17) is 14.3 Å². The molecule has 0 radical (unpaired) electrons. The first-order chi connectivity index (χ1) is 15.4. The number of ether oxygens (including phenoxy) is 1. The third-order valence-corrected chi connectivity index (χ3v) is 5.30. The number of nitrogens with zero attached hydrogens (tertiary/aromatic N) is 2. The molecule has 1 N–H and O–H groups in total. The van der Waals surface area contributed by atoms with E-state index in [-0.39, 0.29) is 24.0 Å². The largest absolute Gasteiger partial charge is 0.478 e. The van der Waals surface area contributed by atoms with E-state index in [1.807, 2.05) is 6.07 Å². The third kappa shape index (κ3) is 3.27. The van der Waals surface area contributed by atoms with Crippen molar-refractivity contribution in [3.63, 3.8) is 0 Å². The number of hydrogen-bond acceptors (Lipinski definition) is 6. The summed E-state index contributed by atoms with van der Waals surface area (Å²) in [7, 11) is 0. The molecule has 158 valence electrons. The van der Waals surface area contributed by atoms with Gasteiger partial charge < -0.3 is 14.3 Å². The number of carbonyl (C=O) groups is 3. The highest BCUT2D eigenvalue weighted by Crippen LogP contribution is 2.30.